The second-order valence-corrected chi connectivity index (χ2v) is 7.21. The van der Waals surface area contributed by atoms with Crippen LogP contribution in [0.1, 0.15) is 18.9 Å². The van der Waals surface area contributed by atoms with E-state index in [0.717, 1.165) is 10.2 Å². The standard InChI is InChI=1S/C12H15BrN2O2S/c1-2-18(16,17)7-3-6-15-12-5-4-11(13)8-10(12)9-14/h4-5,8,15H,2-3,6-7H2,1H3. The predicted molar refractivity (Wildman–Crippen MR) is 76.3 cm³/mol. The van der Waals surface area contributed by atoms with Crippen LogP contribution in [0.15, 0.2) is 22.7 Å². The summed E-state index contributed by atoms with van der Waals surface area (Å²) in [4.78, 5) is 0. The maximum absolute atomic E-state index is 11.3. The van der Waals surface area contributed by atoms with Crippen molar-refractivity contribution in [3.63, 3.8) is 0 Å². The van der Waals surface area contributed by atoms with Gasteiger partial charge in [-0.15, -0.1) is 0 Å². The number of sulfone groups is 1. The largest absolute Gasteiger partial charge is 0.384 e. The summed E-state index contributed by atoms with van der Waals surface area (Å²) in [6.07, 6.45) is 0.539. The Kier molecular flexibility index (Phi) is 5.63. The van der Waals surface area contributed by atoms with Crippen molar-refractivity contribution in [1.29, 1.82) is 5.26 Å². The number of benzene rings is 1. The van der Waals surface area contributed by atoms with Gasteiger partial charge in [0.05, 0.1) is 17.0 Å². The van der Waals surface area contributed by atoms with Crippen molar-refractivity contribution in [2.75, 3.05) is 23.4 Å². The predicted octanol–water partition coefficient (Wildman–Crippen LogP) is 2.56. The van der Waals surface area contributed by atoms with Gasteiger partial charge in [-0.05, 0) is 24.6 Å². The van der Waals surface area contributed by atoms with Crippen molar-refractivity contribution >= 4 is 31.5 Å². The zero-order valence-electron chi connectivity index (χ0n) is 10.1. The summed E-state index contributed by atoms with van der Waals surface area (Å²) in [7, 11) is -2.91. The third kappa shape index (κ3) is 4.67. The van der Waals surface area contributed by atoms with Crippen LogP contribution in [0.5, 0.6) is 0 Å². The van der Waals surface area contributed by atoms with Crippen LogP contribution in [0.25, 0.3) is 0 Å². The molecule has 0 atom stereocenters. The summed E-state index contributed by atoms with van der Waals surface area (Å²) in [6, 6.07) is 7.46. The number of rotatable bonds is 6. The Bertz CT molecular complexity index is 550. The zero-order valence-corrected chi connectivity index (χ0v) is 12.5. The molecule has 0 aromatic heterocycles. The molecule has 1 aromatic rings. The number of hydrogen-bond donors (Lipinski definition) is 1. The van der Waals surface area contributed by atoms with Gasteiger partial charge in [0, 0.05) is 16.8 Å². The first-order valence-corrected chi connectivity index (χ1v) is 8.24. The number of hydrogen-bond acceptors (Lipinski definition) is 4. The molecule has 0 saturated carbocycles. The highest BCUT2D eigenvalue weighted by atomic mass is 79.9. The SMILES string of the molecule is CCS(=O)(=O)CCCNc1ccc(Br)cc1C#N. The van der Waals surface area contributed by atoms with Crippen LogP contribution in [0.2, 0.25) is 0 Å². The minimum absolute atomic E-state index is 0.175. The fourth-order valence-electron chi connectivity index (χ4n) is 1.42. The van der Waals surface area contributed by atoms with Gasteiger partial charge in [0.2, 0.25) is 0 Å². The van der Waals surface area contributed by atoms with Crippen molar-refractivity contribution in [2.45, 2.75) is 13.3 Å². The highest BCUT2D eigenvalue weighted by Gasteiger charge is 2.07. The van der Waals surface area contributed by atoms with Gasteiger partial charge in [-0.3, -0.25) is 0 Å². The van der Waals surface area contributed by atoms with Gasteiger partial charge < -0.3 is 5.32 Å². The lowest BCUT2D eigenvalue weighted by molar-refractivity contribution is 0.595. The smallest absolute Gasteiger partial charge is 0.150 e. The lowest BCUT2D eigenvalue weighted by atomic mass is 10.2. The van der Waals surface area contributed by atoms with Crippen LogP contribution in [0.3, 0.4) is 0 Å². The second-order valence-electron chi connectivity index (χ2n) is 3.82. The Morgan fingerprint density at radius 2 is 2.17 bits per heavy atom. The molecule has 98 valence electrons. The second kappa shape index (κ2) is 6.76. The van der Waals surface area contributed by atoms with E-state index in [1.807, 2.05) is 6.07 Å². The van der Waals surface area contributed by atoms with E-state index in [2.05, 4.69) is 27.3 Å². The maximum atomic E-state index is 11.3. The molecule has 0 aliphatic heterocycles. The molecule has 0 saturated heterocycles. The molecule has 6 heteroatoms. The molecule has 0 heterocycles. The van der Waals surface area contributed by atoms with E-state index >= 15 is 0 Å². The number of nitriles is 1. The Hall–Kier alpha value is -1.06. The van der Waals surface area contributed by atoms with Gasteiger partial charge in [-0.2, -0.15) is 5.26 Å². The molecule has 0 bridgehead atoms. The average molecular weight is 331 g/mol. The van der Waals surface area contributed by atoms with Gasteiger partial charge in [-0.25, -0.2) is 8.42 Å². The van der Waals surface area contributed by atoms with Crippen molar-refractivity contribution < 1.29 is 8.42 Å². The van der Waals surface area contributed by atoms with Gasteiger partial charge >= 0.3 is 0 Å². The van der Waals surface area contributed by atoms with E-state index in [9.17, 15) is 8.42 Å². The molecule has 0 fully saturated rings. The van der Waals surface area contributed by atoms with E-state index in [1.165, 1.54) is 0 Å². The molecule has 1 N–H and O–H groups in total. The molecule has 18 heavy (non-hydrogen) atoms. The number of nitrogens with zero attached hydrogens (tertiary/aromatic N) is 1. The highest BCUT2D eigenvalue weighted by Crippen LogP contribution is 2.20. The molecule has 0 radical (unpaired) electrons. The zero-order chi connectivity index (χ0) is 13.6. The minimum atomic E-state index is -2.91. The topological polar surface area (TPSA) is 70.0 Å². The van der Waals surface area contributed by atoms with Crippen LogP contribution in [-0.2, 0) is 9.84 Å². The molecule has 0 aliphatic rings. The first-order valence-electron chi connectivity index (χ1n) is 5.62. The van der Waals surface area contributed by atoms with Gasteiger partial charge in [0.15, 0.2) is 0 Å². The van der Waals surface area contributed by atoms with Gasteiger partial charge in [0.25, 0.3) is 0 Å². The van der Waals surface area contributed by atoms with E-state index in [0.29, 0.717) is 18.5 Å². The van der Waals surface area contributed by atoms with E-state index in [1.54, 1.807) is 19.1 Å². The Balaban J connectivity index is 2.53. The van der Waals surface area contributed by atoms with Crippen molar-refractivity contribution in [1.82, 2.24) is 0 Å². The molecular formula is C12H15BrN2O2S. The van der Waals surface area contributed by atoms with Crippen LogP contribution >= 0.6 is 15.9 Å². The lowest BCUT2D eigenvalue weighted by Gasteiger charge is -2.08. The molecule has 0 amide bonds. The number of nitrogens with one attached hydrogen (secondary N) is 1. The van der Waals surface area contributed by atoms with Crippen LogP contribution in [0, 0.1) is 11.3 Å². The summed E-state index contributed by atoms with van der Waals surface area (Å²) >= 11 is 3.30. The maximum Gasteiger partial charge on any atom is 0.150 e. The van der Waals surface area contributed by atoms with Crippen LogP contribution in [-0.4, -0.2) is 26.5 Å². The molecule has 1 rings (SSSR count). The summed E-state index contributed by atoms with van der Waals surface area (Å²) in [5, 5.41) is 12.0. The van der Waals surface area contributed by atoms with Gasteiger partial charge in [-0.1, -0.05) is 22.9 Å². The fraction of sp³-hybridized carbons (Fsp3) is 0.417. The monoisotopic (exact) mass is 330 g/mol. The highest BCUT2D eigenvalue weighted by molar-refractivity contribution is 9.10. The number of halogens is 1. The van der Waals surface area contributed by atoms with E-state index in [4.69, 9.17) is 5.26 Å². The minimum Gasteiger partial charge on any atom is -0.384 e. The first-order chi connectivity index (χ1) is 8.48. The van der Waals surface area contributed by atoms with Crippen molar-refractivity contribution in [2.24, 2.45) is 0 Å². The lowest BCUT2D eigenvalue weighted by Crippen LogP contribution is -2.13. The Labute approximate surface area is 116 Å². The normalized spacial score (nSPS) is 10.9. The summed E-state index contributed by atoms with van der Waals surface area (Å²) < 4.78 is 23.4. The molecule has 0 aliphatic carbocycles. The third-order valence-electron chi connectivity index (χ3n) is 2.49. The molecule has 0 spiro atoms. The van der Waals surface area contributed by atoms with Crippen molar-refractivity contribution in [3.05, 3.63) is 28.2 Å². The molecular weight excluding hydrogens is 316 g/mol. The van der Waals surface area contributed by atoms with Crippen LogP contribution < -0.4 is 5.32 Å². The summed E-state index contributed by atoms with van der Waals surface area (Å²) in [5.41, 5.74) is 1.28. The summed E-state index contributed by atoms with van der Waals surface area (Å²) in [6.45, 7) is 2.18. The van der Waals surface area contributed by atoms with Gasteiger partial charge in [0.1, 0.15) is 15.9 Å². The van der Waals surface area contributed by atoms with Crippen LogP contribution in [0.4, 0.5) is 5.69 Å². The third-order valence-corrected chi connectivity index (χ3v) is 4.77. The fourth-order valence-corrected chi connectivity index (χ4v) is 2.66. The quantitative estimate of drug-likeness (QED) is 0.814. The Morgan fingerprint density at radius 1 is 1.44 bits per heavy atom. The Morgan fingerprint density at radius 3 is 2.78 bits per heavy atom. The molecule has 1 aromatic carbocycles. The van der Waals surface area contributed by atoms with E-state index in [-0.39, 0.29) is 11.5 Å². The van der Waals surface area contributed by atoms with Crippen molar-refractivity contribution in [3.8, 4) is 6.07 Å². The summed E-state index contributed by atoms with van der Waals surface area (Å²) in [5.74, 6) is 0.351. The molecule has 0 unspecified atom stereocenters. The molecule has 4 nitrogen and oxygen atoms in total. The van der Waals surface area contributed by atoms with E-state index < -0.39 is 9.84 Å². The average Bonchev–Trinajstić information content (AvgIpc) is 2.36. The number of anilines is 1. The first kappa shape index (κ1) is 15.0.